The third kappa shape index (κ3) is 4.88. The molecule has 0 atom stereocenters. The minimum atomic E-state index is -4.76. The summed E-state index contributed by atoms with van der Waals surface area (Å²) in [6.07, 6.45) is 0.147. The maximum absolute atomic E-state index is 13.2. The number of carbonyl (C=O) groups excluding carboxylic acids is 1. The molecule has 1 aromatic carbocycles. The number of ether oxygens (including phenoxy) is 1. The predicted octanol–water partition coefficient (Wildman–Crippen LogP) is 4.46. The highest BCUT2D eigenvalue weighted by atomic mass is 19.4. The second-order valence-corrected chi connectivity index (χ2v) is 7.90. The summed E-state index contributed by atoms with van der Waals surface area (Å²) in [7, 11) is 0. The first-order valence-corrected chi connectivity index (χ1v) is 10.6. The third-order valence-corrected chi connectivity index (χ3v) is 5.60. The molecule has 170 valence electrons. The van der Waals surface area contributed by atoms with Crippen molar-refractivity contribution in [2.45, 2.75) is 45.6 Å². The average Bonchev–Trinajstić information content (AvgIpc) is 3.14. The van der Waals surface area contributed by atoms with Crippen molar-refractivity contribution in [2.75, 3.05) is 13.1 Å². The number of aromatic nitrogens is 2. The molecule has 6 nitrogen and oxygen atoms in total. The van der Waals surface area contributed by atoms with E-state index < -0.39 is 6.36 Å². The van der Waals surface area contributed by atoms with Crippen molar-refractivity contribution in [3.63, 3.8) is 0 Å². The number of para-hydroxylation sites is 1. The number of aryl methyl sites for hydroxylation is 1. The minimum Gasteiger partial charge on any atom is -0.405 e. The van der Waals surface area contributed by atoms with Crippen LogP contribution in [-0.4, -0.2) is 39.6 Å². The first-order chi connectivity index (χ1) is 15.3. The number of pyridine rings is 1. The summed E-state index contributed by atoms with van der Waals surface area (Å²) < 4.78 is 44.1. The van der Waals surface area contributed by atoms with Crippen LogP contribution >= 0.6 is 0 Å². The third-order valence-electron chi connectivity index (χ3n) is 5.60. The van der Waals surface area contributed by atoms with Gasteiger partial charge in [-0.15, -0.1) is 13.2 Å². The van der Waals surface area contributed by atoms with E-state index in [-0.39, 0.29) is 24.7 Å². The summed E-state index contributed by atoms with van der Waals surface area (Å²) in [5.41, 5.74) is 3.08. The lowest BCUT2D eigenvalue weighted by Crippen LogP contribution is -2.36. The molecule has 3 heterocycles. The monoisotopic (exact) mass is 446 g/mol. The molecule has 0 aliphatic carbocycles. The van der Waals surface area contributed by atoms with Gasteiger partial charge in [-0.2, -0.15) is 0 Å². The molecular formula is C23H25F3N4O2. The number of hydrogen-bond donors (Lipinski definition) is 1. The highest BCUT2D eigenvalue weighted by Crippen LogP contribution is 2.26. The highest BCUT2D eigenvalue weighted by Gasteiger charge is 2.32. The van der Waals surface area contributed by atoms with Crippen LogP contribution in [0.1, 0.15) is 46.6 Å². The number of halogens is 3. The Bertz CT molecular complexity index is 1100. The van der Waals surface area contributed by atoms with E-state index in [0.717, 1.165) is 24.8 Å². The van der Waals surface area contributed by atoms with Crippen molar-refractivity contribution in [1.82, 2.24) is 19.6 Å². The van der Waals surface area contributed by atoms with Gasteiger partial charge < -0.3 is 19.4 Å². The summed E-state index contributed by atoms with van der Waals surface area (Å²) in [5, 5.41) is 3.16. The number of likely N-dealkylation sites (tertiary alicyclic amines) is 1. The van der Waals surface area contributed by atoms with Gasteiger partial charge in [-0.3, -0.25) is 4.79 Å². The van der Waals surface area contributed by atoms with Crippen LogP contribution in [0.2, 0.25) is 0 Å². The van der Waals surface area contributed by atoms with Gasteiger partial charge in [0.15, 0.2) is 5.69 Å². The number of carbonyl (C=O) groups is 1. The Morgan fingerprint density at radius 3 is 2.59 bits per heavy atom. The number of fused-ring (bicyclic) bond motifs is 1. The van der Waals surface area contributed by atoms with E-state index in [1.165, 1.54) is 12.1 Å². The average molecular weight is 446 g/mol. The van der Waals surface area contributed by atoms with E-state index in [2.05, 4.69) is 15.0 Å². The van der Waals surface area contributed by atoms with E-state index in [9.17, 15) is 18.0 Å². The van der Waals surface area contributed by atoms with Crippen molar-refractivity contribution in [2.24, 2.45) is 0 Å². The SMILES string of the molecule is Cc1cccn2c(CNCc3ccccc3OC(F)(F)F)c(C(=O)N3CCCCC3)nc12. The molecule has 1 saturated heterocycles. The molecule has 1 N–H and O–H groups in total. The van der Waals surface area contributed by atoms with Crippen LogP contribution in [0.15, 0.2) is 42.6 Å². The summed E-state index contributed by atoms with van der Waals surface area (Å²) in [5.74, 6) is -0.350. The Balaban J connectivity index is 1.58. The molecular weight excluding hydrogens is 421 g/mol. The number of benzene rings is 1. The largest absolute Gasteiger partial charge is 0.573 e. The Hall–Kier alpha value is -3.07. The lowest BCUT2D eigenvalue weighted by molar-refractivity contribution is -0.274. The number of alkyl halides is 3. The highest BCUT2D eigenvalue weighted by molar-refractivity contribution is 5.94. The van der Waals surface area contributed by atoms with Crippen LogP contribution in [0.4, 0.5) is 13.2 Å². The quantitative estimate of drug-likeness (QED) is 0.608. The van der Waals surface area contributed by atoms with Gasteiger partial charge in [0.1, 0.15) is 11.4 Å². The molecule has 0 spiro atoms. The number of piperidine rings is 1. The van der Waals surface area contributed by atoms with Gasteiger partial charge in [-0.05, 0) is 43.9 Å². The van der Waals surface area contributed by atoms with Crippen molar-refractivity contribution in [3.8, 4) is 5.75 Å². The normalized spacial score (nSPS) is 14.7. The van der Waals surface area contributed by atoms with E-state index in [4.69, 9.17) is 0 Å². The van der Waals surface area contributed by atoms with Gasteiger partial charge >= 0.3 is 6.36 Å². The van der Waals surface area contributed by atoms with Gasteiger partial charge in [0, 0.05) is 37.9 Å². The van der Waals surface area contributed by atoms with Crippen LogP contribution in [0.5, 0.6) is 5.75 Å². The van der Waals surface area contributed by atoms with Gasteiger partial charge in [0.2, 0.25) is 0 Å². The minimum absolute atomic E-state index is 0.106. The summed E-state index contributed by atoms with van der Waals surface area (Å²) >= 11 is 0. The molecule has 2 aromatic heterocycles. The van der Waals surface area contributed by atoms with Crippen LogP contribution in [0, 0.1) is 6.92 Å². The molecule has 32 heavy (non-hydrogen) atoms. The maximum Gasteiger partial charge on any atom is 0.573 e. The summed E-state index contributed by atoms with van der Waals surface area (Å²) in [4.78, 5) is 19.7. The topological polar surface area (TPSA) is 58.9 Å². The van der Waals surface area contributed by atoms with Crippen LogP contribution < -0.4 is 10.1 Å². The van der Waals surface area contributed by atoms with Gasteiger partial charge in [0.25, 0.3) is 5.91 Å². The molecule has 1 fully saturated rings. The second kappa shape index (κ2) is 9.20. The number of nitrogens with one attached hydrogen (secondary N) is 1. The van der Waals surface area contributed by atoms with Crippen molar-refractivity contribution >= 4 is 11.6 Å². The van der Waals surface area contributed by atoms with E-state index in [1.54, 1.807) is 12.1 Å². The number of rotatable bonds is 6. The Morgan fingerprint density at radius 1 is 1.09 bits per heavy atom. The first kappa shape index (κ1) is 22.1. The second-order valence-electron chi connectivity index (χ2n) is 7.90. The van der Waals surface area contributed by atoms with Crippen LogP contribution in [0.3, 0.4) is 0 Å². The van der Waals surface area contributed by atoms with Crippen LogP contribution in [0.25, 0.3) is 5.65 Å². The first-order valence-electron chi connectivity index (χ1n) is 10.6. The van der Waals surface area contributed by atoms with Crippen molar-refractivity contribution in [1.29, 1.82) is 0 Å². The standard InChI is InChI=1S/C23H25F3N4O2/c1-16-8-7-13-30-18(20(28-21(16)30)22(31)29-11-5-2-6-12-29)15-27-14-17-9-3-4-10-19(17)32-23(24,25)26/h3-4,7-10,13,27H,2,5-6,11-12,14-15H2,1H3. The fourth-order valence-corrected chi connectivity index (χ4v) is 4.03. The molecule has 0 unspecified atom stereocenters. The zero-order chi connectivity index (χ0) is 22.7. The van der Waals surface area contributed by atoms with Crippen LogP contribution in [-0.2, 0) is 13.1 Å². The molecule has 0 radical (unpaired) electrons. The van der Waals surface area contributed by atoms with Crippen molar-refractivity contribution in [3.05, 3.63) is 65.1 Å². The molecule has 9 heteroatoms. The molecule has 1 aliphatic heterocycles. The number of imidazole rings is 1. The zero-order valence-electron chi connectivity index (χ0n) is 17.8. The molecule has 1 aliphatic rings. The molecule has 0 saturated carbocycles. The van der Waals surface area contributed by atoms with Crippen molar-refractivity contribution < 1.29 is 22.7 Å². The predicted molar refractivity (Wildman–Crippen MR) is 113 cm³/mol. The molecule has 4 rings (SSSR count). The fraction of sp³-hybridized carbons (Fsp3) is 0.391. The summed E-state index contributed by atoms with van der Waals surface area (Å²) in [6, 6.07) is 9.82. The number of hydrogen-bond acceptors (Lipinski definition) is 4. The van der Waals surface area contributed by atoms with Gasteiger partial charge in [-0.25, -0.2) is 4.98 Å². The Kier molecular flexibility index (Phi) is 6.36. The van der Waals surface area contributed by atoms with E-state index in [1.807, 2.05) is 34.6 Å². The van der Waals surface area contributed by atoms with Gasteiger partial charge in [0.05, 0.1) is 5.69 Å². The lowest BCUT2D eigenvalue weighted by atomic mass is 10.1. The smallest absolute Gasteiger partial charge is 0.405 e. The zero-order valence-corrected chi connectivity index (χ0v) is 17.8. The number of amides is 1. The Morgan fingerprint density at radius 2 is 1.84 bits per heavy atom. The maximum atomic E-state index is 13.2. The Labute approximate surface area is 184 Å². The molecule has 0 bridgehead atoms. The van der Waals surface area contributed by atoms with Gasteiger partial charge in [-0.1, -0.05) is 24.3 Å². The fourth-order valence-electron chi connectivity index (χ4n) is 4.03. The lowest BCUT2D eigenvalue weighted by Gasteiger charge is -2.26. The van der Waals surface area contributed by atoms with E-state index in [0.29, 0.717) is 35.7 Å². The molecule has 1 amide bonds. The summed E-state index contributed by atoms with van der Waals surface area (Å²) in [6.45, 7) is 3.75. The number of nitrogens with zero attached hydrogens (tertiary/aromatic N) is 3. The van der Waals surface area contributed by atoms with E-state index >= 15 is 0 Å². The molecule has 3 aromatic rings.